The van der Waals surface area contributed by atoms with Crippen molar-refractivity contribution in [2.75, 3.05) is 39.4 Å². The number of thiophene rings is 1. The second-order valence-corrected chi connectivity index (χ2v) is 21.8. The van der Waals surface area contributed by atoms with E-state index in [1.165, 1.54) is 29.2 Å². The second-order valence-electron chi connectivity index (χ2n) is 19.1. The molecule has 19 nitrogen and oxygen atoms in total. The number of nitrogens with zero attached hydrogens (tertiary/aromatic N) is 3. The van der Waals surface area contributed by atoms with E-state index in [0.717, 1.165) is 33.9 Å². The highest BCUT2D eigenvalue weighted by Gasteiger charge is 2.51. The molecule has 3 saturated heterocycles. The monoisotopic (exact) mass is 1040 g/mol. The molecule has 0 spiro atoms. The summed E-state index contributed by atoms with van der Waals surface area (Å²) in [4.78, 5) is 129. The molecule has 3 aromatic carbocycles. The number of likely N-dealkylation sites (tertiary alicyclic amines) is 1. The van der Waals surface area contributed by atoms with Crippen LogP contribution in [0.15, 0.2) is 72.8 Å². The van der Waals surface area contributed by atoms with Gasteiger partial charge in [0.15, 0.2) is 0 Å². The van der Waals surface area contributed by atoms with E-state index in [1.54, 1.807) is 31.7 Å². The third-order valence-electron chi connectivity index (χ3n) is 12.9. The third kappa shape index (κ3) is 11.3. The molecule has 3 fully saturated rings. The Morgan fingerprint density at radius 3 is 2.42 bits per heavy atom. The minimum atomic E-state index is -5.87. The molecule has 0 aliphatic carbocycles. The fourth-order valence-electron chi connectivity index (χ4n) is 9.07. The van der Waals surface area contributed by atoms with E-state index in [1.807, 2.05) is 30.3 Å². The lowest BCUT2D eigenvalue weighted by molar-refractivity contribution is -0.150. The first kappa shape index (κ1) is 52.6. The number of amides is 8. The number of carbonyl (C=O) groups excluding carboxylic acids is 8. The number of nitrogens with one attached hydrogen (secondary N) is 3. The fourth-order valence-corrected chi connectivity index (χ4v) is 10.5. The van der Waals surface area contributed by atoms with E-state index in [2.05, 4.69) is 27.8 Å². The van der Waals surface area contributed by atoms with Gasteiger partial charge < -0.3 is 39.7 Å². The molecule has 23 heteroatoms. The Morgan fingerprint density at radius 1 is 0.973 bits per heavy atom. The summed E-state index contributed by atoms with van der Waals surface area (Å²) >= 11 is 0.922. The molecule has 1 aromatic heterocycles. The van der Waals surface area contributed by atoms with Crippen LogP contribution in [0.1, 0.15) is 99.6 Å². The van der Waals surface area contributed by atoms with Crippen molar-refractivity contribution in [1.29, 1.82) is 0 Å². The highest BCUT2D eigenvalue weighted by atomic mass is 32.1. The number of halogens is 2. The van der Waals surface area contributed by atoms with Crippen molar-refractivity contribution in [3.8, 4) is 11.8 Å². The van der Waals surface area contributed by atoms with Gasteiger partial charge >= 0.3 is 13.3 Å². The molecule has 8 amide bonds. The Morgan fingerprint density at radius 2 is 1.71 bits per heavy atom. The number of piperidine rings is 1. The van der Waals surface area contributed by atoms with Crippen LogP contribution in [-0.4, -0.2) is 135 Å². The summed E-state index contributed by atoms with van der Waals surface area (Å²) in [5, 5.41) is 7.78. The van der Waals surface area contributed by atoms with Crippen LogP contribution in [0.4, 0.5) is 8.78 Å². The van der Waals surface area contributed by atoms with E-state index >= 15 is 0 Å². The summed E-state index contributed by atoms with van der Waals surface area (Å²) in [6, 6.07) is 14.7. The molecular weight excluding hydrogens is 994 g/mol. The molecule has 5 heterocycles. The molecule has 0 radical (unpaired) electrons. The van der Waals surface area contributed by atoms with Gasteiger partial charge in [-0.05, 0) is 59.2 Å². The highest BCUT2D eigenvalue weighted by molar-refractivity contribution is 7.52. The summed E-state index contributed by atoms with van der Waals surface area (Å²) in [6.45, 7) is 5.34. The van der Waals surface area contributed by atoms with E-state index in [9.17, 15) is 61.5 Å². The van der Waals surface area contributed by atoms with Gasteiger partial charge in [-0.25, -0.2) is 0 Å². The van der Waals surface area contributed by atoms with Crippen molar-refractivity contribution in [1.82, 2.24) is 30.7 Å². The third-order valence-corrected chi connectivity index (χ3v) is 15.0. The number of imide groups is 2. The van der Waals surface area contributed by atoms with Crippen LogP contribution in [0.3, 0.4) is 0 Å². The lowest BCUT2D eigenvalue weighted by Gasteiger charge is -2.38. The number of fused-ring (bicyclic) bond motifs is 2. The number of benzene rings is 3. The SMILES string of the molecule is CC(C)(C)[C@H](NC(=O)c1cc2cc(C(F)(F)P(=O)(O)O)ccc2s1)C(=O)N1C[C@@H](OCC(=O)NCCC#Cc2ccc3c(c2)C(=O)N(C2CCC(=O)NC2=O)C3=O)C[C@H]1C(=O)N1CCOC(c2ccccc2)C1. The van der Waals surface area contributed by atoms with Crippen LogP contribution in [0.25, 0.3) is 10.1 Å². The topological polar surface area (TPSA) is 258 Å². The van der Waals surface area contributed by atoms with Crippen LogP contribution >= 0.6 is 18.9 Å². The summed E-state index contributed by atoms with van der Waals surface area (Å²) < 4.78 is 53.1. The van der Waals surface area contributed by atoms with E-state index < -0.39 is 103 Å². The quantitative estimate of drug-likeness (QED) is 0.0553. The molecule has 2 unspecified atom stereocenters. The van der Waals surface area contributed by atoms with Gasteiger partial charge in [0, 0.05) is 54.7 Å². The lowest BCUT2D eigenvalue weighted by Crippen LogP contribution is -2.58. The minimum Gasteiger partial charge on any atom is -0.370 e. The van der Waals surface area contributed by atoms with Gasteiger partial charge in [-0.3, -0.25) is 53.1 Å². The average Bonchev–Trinajstić information content (AvgIpc) is 4.05. The van der Waals surface area contributed by atoms with Gasteiger partial charge in [-0.15, -0.1) is 11.3 Å². The molecule has 5 N–H and O–H groups in total. The normalized spacial score (nSPS) is 20.8. The van der Waals surface area contributed by atoms with Gasteiger partial charge in [0.1, 0.15) is 30.8 Å². The van der Waals surface area contributed by atoms with E-state index in [-0.39, 0.29) is 85.8 Å². The summed E-state index contributed by atoms with van der Waals surface area (Å²) in [7, 11) is -5.87. The zero-order valence-corrected chi connectivity index (χ0v) is 41.4. The van der Waals surface area contributed by atoms with E-state index in [0.29, 0.717) is 10.3 Å². The Labute approximate surface area is 421 Å². The van der Waals surface area contributed by atoms with Crippen molar-refractivity contribution in [3.05, 3.63) is 105 Å². The van der Waals surface area contributed by atoms with Gasteiger partial charge in [0.05, 0.1) is 35.3 Å². The molecule has 5 atom stereocenters. The Bertz CT molecular complexity index is 3020. The first-order valence-electron chi connectivity index (χ1n) is 23.3. The zero-order chi connectivity index (χ0) is 52.6. The highest BCUT2D eigenvalue weighted by Crippen LogP contribution is 2.59. The van der Waals surface area contributed by atoms with Crippen molar-refractivity contribution in [3.63, 3.8) is 0 Å². The zero-order valence-electron chi connectivity index (χ0n) is 39.7. The van der Waals surface area contributed by atoms with Crippen LogP contribution in [0.5, 0.6) is 0 Å². The van der Waals surface area contributed by atoms with Crippen molar-refractivity contribution < 1.29 is 71.0 Å². The van der Waals surface area contributed by atoms with Gasteiger partial charge in [-0.1, -0.05) is 69.0 Å². The predicted molar refractivity (Wildman–Crippen MR) is 258 cm³/mol. The molecule has 8 rings (SSSR count). The summed E-state index contributed by atoms with van der Waals surface area (Å²) in [5.74, 6) is 1.07. The number of carbonyl (C=O) groups is 8. The number of rotatable bonds is 13. The van der Waals surface area contributed by atoms with Gasteiger partial charge in [-0.2, -0.15) is 8.78 Å². The van der Waals surface area contributed by atoms with Gasteiger partial charge in [0.2, 0.25) is 29.5 Å². The number of hydrogen-bond acceptors (Lipinski definition) is 12. The van der Waals surface area contributed by atoms with Crippen molar-refractivity contribution in [2.45, 2.75) is 82.5 Å². The molecule has 4 aliphatic heterocycles. The number of hydrogen-bond donors (Lipinski definition) is 5. The Balaban J connectivity index is 0.920. The number of morpholine rings is 1. The average molecular weight is 1050 g/mol. The van der Waals surface area contributed by atoms with Crippen LogP contribution in [0, 0.1) is 17.3 Å². The lowest BCUT2D eigenvalue weighted by atomic mass is 9.85. The van der Waals surface area contributed by atoms with Gasteiger partial charge in [0.25, 0.3) is 17.7 Å². The first-order valence-corrected chi connectivity index (χ1v) is 25.7. The maximum absolute atomic E-state index is 14.8. The van der Waals surface area contributed by atoms with Crippen molar-refractivity contribution >= 4 is 76.3 Å². The molecule has 4 aromatic rings. The van der Waals surface area contributed by atoms with Crippen LogP contribution in [-0.2, 0) is 43.7 Å². The second kappa shape index (κ2) is 21.0. The van der Waals surface area contributed by atoms with Crippen LogP contribution < -0.4 is 16.0 Å². The molecule has 0 bridgehead atoms. The fraction of sp³-hybridized carbons (Fsp3) is 0.400. The summed E-state index contributed by atoms with van der Waals surface area (Å²) in [6.07, 6.45) is -1.03. The predicted octanol–water partition coefficient (Wildman–Crippen LogP) is 3.82. The maximum atomic E-state index is 14.8. The molecule has 73 heavy (non-hydrogen) atoms. The molecule has 0 saturated carbocycles. The van der Waals surface area contributed by atoms with E-state index in [4.69, 9.17) is 9.47 Å². The van der Waals surface area contributed by atoms with Crippen LogP contribution in [0.2, 0.25) is 0 Å². The molecular formula is C50H51F2N6O13PS. The molecule has 4 aliphatic rings. The van der Waals surface area contributed by atoms with Crippen molar-refractivity contribution in [2.24, 2.45) is 5.41 Å². The smallest absolute Gasteiger partial charge is 0.370 e. The standard InChI is InChI=1S/C50H51F2N6O13PS/c1-49(2,3)42(55-44(62)39-23-30-22-31(13-16-38(30)73-39)50(51,52)72(67,68)69)48(66)57-25-32(24-36(57)47(65)56-19-20-70-37(26-56)29-10-5-4-6-11-29)71-27-41(60)53-18-8-7-9-28-12-14-33-34(21-28)46(64)58(45(33)63)35-15-17-40(59)54-43(35)61/h4-6,10-14,16,21-23,32,35-37,42H,8,15,17-20,24-27H2,1-3H3,(H,53,60)(H,55,62)(H,54,59,61)(H2,67,68,69)/t32-,35?,36-,37?,42+/m0/s1. The Hall–Kier alpha value is -6.73. The maximum Gasteiger partial charge on any atom is 0.399 e. The Kier molecular flexibility index (Phi) is 15.1. The largest absolute Gasteiger partial charge is 0.399 e. The summed E-state index contributed by atoms with van der Waals surface area (Å²) in [5.41, 5.74) is -4.90. The number of alkyl halides is 2. The minimum absolute atomic E-state index is 0.00852. The molecule has 384 valence electrons. The number of ether oxygens (including phenoxy) is 2. The first-order chi connectivity index (χ1) is 34.5.